The van der Waals surface area contributed by atoms with E-state index < -0.39 is 17.1 Å². The number of methoxy groups -OCH3 is 1. The molecule has 0 saturated heterocycles. The average Bonchev–Trinajstić information content (AvgIpc) is 3.46. The Balaban J connectivity index is 1.33. The third-order valence-corrected chi connectivity index (χ3v) is 8.91. The minimum absolute atomic E-state index is 0.00298. The summed E-state index contributed by atoms with van der Waals surface area (Å²) in [6.07, 6.45) is 2.05. The van der Waals surface area contributed by atoms with Crippen molar-refractivity contribution in [1.29, 1.82) is 0 Å². The van der Waals surface area contributed by atoms with Crippen LogP contribution >= 0.6 is 23.1 Å². The summed E-state index contributed by atoms with van der Waals surface area (Å²) in [6.45, 7) is 1.94. The van der Waals surface area contributed by atoms with Crippen molar-refractivity contribution in [2.45, 2.75) is 23.5 Å². The number of ether oxygens (including phenoxy) is 1. The van der Waals surface area contributed by atoms with Crippen molar-refractivity contribution in [3.63, 3.8) is 0 Å². The predicted octanol–water partition coefficient (Wildman–Crippen LogP) is 6.93. The molecule has 0 aliphatic carbocycles. The average molecular weight is 639 g/mol. The Morgan fingerprint density at radius 2 is 1.73 bits per heavy atom. The second-order valence-corrected chi connectivity index (χ2v) is 12.1. The van der Waals surface area contributed by atoms with Crippen LogP contribution in [0.5, 0.6) is 11.5 Å². The molecule has 0 radical (unpaired) electrons. The monoisotopic (exact) mass is 638 g/mol. The first-order valence-electron chi connectivity index (χ1n) is 14.0. The number of nitrogens with zero attached hydrogens (tertiary/aromatic N) is 1. The van der Waals surface area contributed by atoms with Gasteiger partial charge in [-0.05, 0) is 67.1 Å². The number of carbonyl (C=O) groups is 3. The lowest BCUT2D eigenvalue weighted by Crippen LogP contribution is -2.30. The molecule has 228 valence electrons. The number of phenolic OH excluding ortho intramolecular Hbond substituents is 1. The number of aromatic hydroxyl groups is 1. The van der Waals surface area contributed by atoms with Crippen LogP contribution in [-0.2, 0) is 9.59 Å². The zero-order chi connectivity index (χ0) is 31.8. The molecule has 0 fully saturated rings. The molecule has 4 N–H and O–H groups in total. The maximum atomic E-state index is 13.6. The van der Waals surface area contributed by atoms with Crippen LogP contribution in [0.15, 0.2) is 108 Å². The number of phenols is 1. The molecule has 1 aromatic heterocycles. The summed E-state index contributed by atoms with van der Waals surface area (Å²) in [5, 5.41) is 18.5. The summed E-state index contributed by atoms with van der Waals surface area (Å²) in [5.74, 6) is -0.881. The largest absolute Gasteiger partial charge is 0.508 e. The summed E-state index contributed by atoms with van der Waals surface area (Å²) in [5.41, 5.74) is 2.13. The standard InChI is InChI=1S/C34H30N4O5S2/c1-3-29(33(42)38-34-37-26-14-7-8-15-30(26)45-34)44-25-13-9-12-23(19-25)35-32(41)27(36-31(40)21-10-5-4-6-11-21)18-22-16-17-24(39)20-28(22)43-2/h4-20,29,39H,3H2,1-2H3,(H,35,41)(H,36,40)(H,37,38,42)/b27-18+. The van der Waals surface area contributed by atoms with Gasteiger partial charge in [-0.3, -0.25) is 14.4 Å². The second-order valence-electron chi connectivity index (χ2n) is 9.78. The molecule has 5 aromatic rings. The Labute approximate surface area is 268 Å². The number of thioether (sulfide) groups is 1. The van der Waals surface area contributed by atoms with Crippen molar-refractivity contribution in [2.75, 3.05) is 17.7 Å². The van der Waals surface area contributed by atoms with Crippen LogP contribution in [0.3, 0.4) is 0 Å². The van der Waals surface area contributed by atoms with Gasteiger partial charge in [-0.2, -0.15) is 0 Å². The van der Waals surface area contributed by atoms with E-state index in [1.807, 2.05) is 37.3 Å². The van der Waals surface area contributed by atoms with Crippen LogP contribution in [0.2, 0.25) is 0 Å². The highest BCUT2D eigenvalue weighted by Gasteiger charge is 2.21. The Kier molecular flexibility index (Phi) is 10.1. The van der Waals surface area contributed by atoms with Crippen LogP contribution in [0.1, 0.15) is 29.3 Å². The first-order chi connectivity index (χ1) is 21.8. The first-order valence-corrected chi connectivity index (χ1v) is 15.7. The van der Waals surface area contributed by atoms with Gasteiger partial charge in [-0.1, -0.05) is 54.7 Å². The molecule has 0 aliphatic heterocycles. The van der Waals surface area contributed by atoms with Crippen molar-refractivity contribution in [1.82, 2.24) is 10.3 Å². The van der Waals surface area contributed by atoms with Gasteiger partial charge >= 0.3 is 0 Å². The van der Waals surface area contributed by atoms with Crippen molar-refractivity contribution in [2.24, 2.45) is 0 Å². The predicted molar refractivity (Wildman–Crippen MR) is 180 cm³/mol. The number of amides is 3. The Morgan fingerprint density at radius 1 is 0.956 bits per heavy atom. The van der Waals surface area contributed by atoms with E-state index >= 15 is 0 Å². The number of fused-ring (bicyclic) bond motifs is 1. The molecule has 45 heavy (non-hydrogen) atoms. The van der Waals surface area contributed by atoms with Gasteiger partial charge in [0.05, 0.1) is 22.6 Å². The second kappa shape index (κ2) is 14.6. The number of benzene rings is 4. The SMILES string of the molecule is CCC(Sc1cccc(NC(=O)/C(=C\c2ccc(O)cc2OC)NC(=O)c2ccccc2)c1)C(=O)Nc1nc2ccccc2s1. The Bertz CT molecular complexity index is 1840. The van der Waals surface area contributed by atoms with Gasteiger partial charge in [-0.25, -0.2) is 4.98 Å². The van der Waals surface area contributed by atoms with E-state index in [9.17, 15) is 19.5 Å². The zero-order valence-electron chi connectivity index (χ0n) is 24.4. The number of aromatic nitrogens is 1. The van der Waals surface area contributed by atoms with E-state index in [2.05, 4.69) is 20.9 Å². The van der Waals surface area contributed by atoms with Gasteiger partial charge in [0, 0.05) is 27.8 Å². The van der Waals surface area contributed by atoms with E-state index in [0.29, 0.717) is 34.1 Å². The molecule has 1 unspecified atom stereocenters. The maximum absolute atomic E-state index is 13.6. The number of hydrogen-bond acceptors (Lipinski definition) is 8. The van der Waals surface area contributed by atoms with Gasteiger partial charge in [0.1, 0.15) is 17.2 Å². The quantitative estimate of drug-likeness (QED) is 0.0912. The minimum atomic E-state index is -0.572. The van der Waals surface area contributed by atoms with E-state index in [4.69, 9.17) is 4.74 Å². The highest BCUT2D eigenvalue weighted by atomic mass is 32.2. The summed E-state index contributed by atoms with van der Waals surface area (Å²) >= 11 is 2.80. The molecule has 0 aliphatic rings. The lowest BCUT2D eigenvalue weighted by Gasteiger charge is -2.15. The summed E-state index contributed by atoms with van der Waals surface area (Å²) < 4.78 is 6.36. The molecule has 0 spiro atoms. The number of para-hydroxylation sites is 1. The van der Waals surface area contributed by atoms with Crippen LogP contribution in [-0.4, -0.2) is 40.2 Å². The molecule has 0 saturated carbocycles. The van der Waals surface area contributed by atoms with Gasteiger partial charge < -0.3 is 25.8 Å². The van der Waals surface area contributed by atoms with E-state index in [-0.39, 0.29) is 17.4 Å². The number of hydrogen-bond donors (Lipinski definition) is 4. The molecule has 4 aromatic carbocycles. The number of rotatable bonds is 11. The molecular formula is C34H30N4O5S2. The Hall–Kier alpha value is -5.13. The molecule has 1 atom stereocenters. The van der Waals surface area contributed by atoms with E-state index in [1.54, 1.807) is 54.6 Å². The smallest absolute Gasteiger partial charge is 0.272 e. The molecule has 3 amide bonds. The van der Waals surface area contributed by atoms with Gasteiger partial charge in [0.25, 0.3) is 11.8 Å². The third kappa shape index (κ3) is 8.08. The van der Waals surface area contributed by atoms with Crippen molar-refractivity contribution in [3.8, 4) is 11.5 Å². The maximum Gasteiger partial charge on any atom is 0.272 e. The van der Waals surface area contributed by atoms with Crippen molar-refractivity contribution in [3.05, 3.63) is 114 Å². The molecular weight excluding hydrogens is 609 g/mol. The van der Waals surface area contributed by atoms with Crippen molar-refractivity contribution >= 4 is 67.9 Å². The summed E-state index contributed by atoms with van der Waals surface area (Å²) in [4.78, 5) is 45.0. The number of nitrogens with one attached hydrogen (secondary N) is 3. The molecule has 1 heterocycles. The fourth-order valence-corrected chi connectivity index (χ4v) is 6.24. The Morgan fingerprint density at radius 3 is 2.49 bits per heavy atom. The van der Waals surface area contributed by atoms with Gasteiger partial charge in [0.15, 0.2) is 5.13 Å². The fourth-order valence-electron chi connectivity index (χ4n) is 4.36. The van der Waals surface area contributed by atoms with Gasteiger partial charge in [0.2, 0.25) is 5.91 Å². The number of thiazole rings is 1. The van der Waals surface area contributed by atoms with Crippen molar-refractivity contribution < 1.29 is 24.2 Å². The van der Waals surface area contributed by atoms with E-state index in [1.165, 1.54) is 48.4 Å². The molecule has 11 heteroatoms. The molecule has 0 bridgehead atoms. The summed E-state index contributed by atoms with van der Waals surface area (Å²) in [7, 11) is 1.44. The number of carbonyl (C=O) groups excluding carboxylic acids is 3. The highest BCUT2D eigenvalue weighted by Crippen LogP contribution is 2.31. The third-order valence-electron chi connectivity index (χ3n) is 6.60. The van der Waals surface area contributed by atoms with Crippen LogP contribution in [0.4, 0.5) is 10.8 Å². The van der Waals surface area contributed by atoms with Gasteiger partial charge in [-0.15, -0.1) is 11.8 Å². The normalized spacial score (nSPS) is 11.9. The lowest BCUT2D eigenvalue weighted by atomic mass is 10.1. The lowest BCUT2D eigenvalue weighted by molar-refractivity contribution is -0.116. The fraction of sp³-hybridized carbons (Fsp3) is 0.118. The minimum Gasteiger partial charge on any atom is -0.508 e. The first kappa shape index (κ1) is 31.3. The zero-order valence-corrected chi connectivity index (χ0v) is 26.1. The van der Waals surface area contributed by atoms with Crippen LogP contribution in [0, 0.1) is 0 Å². The van der Waals surface area contributed by atoms with E-state index in [0.717, 1.165) is 15.1 Å². The van der Waals surface area contributed by atoms with Crippen LogP contribution < -0.4 is 20.7 Å². The highest BCUT2D eigenvalue weighted by molar-refractivity contribution is 8.00. The summed E-state index contributed by atoms with van der Waals surface area (Å²) in [6, 6.07) is 27.8. The molecule has 5 rings (SSSR count). The number of anilines is 2. The van der Waals surface area contributed by atoms with Crippen LogP contribution in [0.25, 0.3) is 16.3 Å². The molecule has 9 nitrogen and oxygen atoms in total. The topological polar surface area (TPSA) is 130 Å².